The number of nitrogens with two attached hydrogens (primary N) is 1. The van der Waals surface area contributed by atoms with E-state index in [-0.39, 0.29) is 12.5 Å². The zero-order chi connectivity index (χ0) is 14.5. The van der Waals surface area contributed by atoms with E-state index in [1.807, 2.05) is 30.3 Å². The van der Waals surface area contributed by atoms with Crippen molar-refractivity contribution < 1.29 is 9.90 Å². The molecular formula is C14H18N4O2. The second kappa shape index (κ2) is 6.31. The van der Waals surface area contributed by atoms with Crippen LogP contribution in [0.1, 0.15) is 17.3 Å². The molecule has 0 saturated heterocycles. The maximum atomic E-state index is 11.9. The van der Waals surface area contributed by atoms with Gasteiger partial charge in [-0.05, 0) is 19.1 Å². The van der Waals surface area contributed by atoms with Gasteiger partial charge in [0.2, 0.25) is 0 Å². The predicted octanol–water partition coefficient (Wildman–Crippen LogP) is 0.310. The minimum atomic E-state index is -0.664. The van der Waals surface area contributed by atoms with E-state index in [9.17, 15) is 9.90 Å². The van der Waals surface area contributed by atoms with Gasteiger partial charge in [0.1, 0.15) is 0 Å². The molecule has 2 unspecified atom stereocenters. The number of nitrogens with one attached hydrogen (secondary N) is 1. The van der Waals surface area contributed by atoms with E-state index in [0.29, 0.717) is 5.56 Å². The van der Waals surface area contributed by atoms with Gasteiger partial charge in [-0.3, -0.25) is 4.79 Å². The van der Waals surface area contributed by atoms with Gasteiger partial charge in [0.05, 0.1) is 23.6 Å². The molecule has 1 amide bonds. The van der Waals surface area contributed by atoms with Crippen molar-refractivity contribution in [3.05, 3.63) is 48.3 Å². The van der Waals surface area contributed by atoms with Crippen molar-refractivity contribution >= 4 is 5.91 Å². The number of aromatic nitrogens is 2. The van der Waals surface area contributed by atoms with Gasteiger partial charge in [-0.15, -0.1) is 0 Å². The molecule has 2 atom stereocenters. The van der Waals surface area contributed by atoms with Crippen molar-refractivity contribution in [1.82, 2.24) is 15.1 Å². The van der Waals surface area contributed by atoms with Gasteiger partial charge in [-0.2, -0.15) is 5.10 Å². The van der Waals surface area contributed by atoms with Gasteiger partial charge in [-0.25, -0.2) is 4.68 Å². The molecule has 0 aliphatic carbocycles. The lowest BCUT2D eigenvalue weighted by Gasteiger charge is -2.14. The third-order valence-electron chi connectivity index (χ3n) is 2.98. The third-order valence-corrected chi connectivity index (χ3v) is 2.98. The monoisotopic (exact) mass is 274 g/mol. The lowest BCUT2D eigenvalue weighted by Crippen LogP contribution is -2.43. The Balaban J connectivity index is 2.00. The van der Waals surface area contributed by atoms with Crippen LogP contribution in [0.15, 0.2) is 42.7 Å². The second-order valence-corrected chi connectivity index (χ2v) is 4.62. The largest absolute Gasteiger partial charge is 0.392 e. The molecule has 106 valence electrons. The van der Waals surface area contributed by atoms with E-state index < -0.39 is 12.1 Å². The number of hydrogen-bond acceptors (Lipinski definition) is 4. The highest BCUT2D eigenvalue weighted by Gasteiger charge is 2.13. The Kier molecular flexibility index (Phi) is 4.49. The fourth-order valence-corrected chi connectivity index (χ4v) is 1.65. The summed E-state index contributed by atoms with van der Waals surface area (Å²) in [6.07, 6.45) is 2.48. The van der Waals surface area contributed by atoms with E-state index >= 15 is 0 Å². The summed E-state index contributed by atoms with van der Waals surface area (Å²) in [7, 11) is 0. The van der Waals surface area contributed by atoms with Gasteiger partial charge in [0.15, 0.2) is 0 Å². The number of benzene rings is 1. The Bertz CT molecular complexity index is 566. The lowest BCUT2D eigenvalue weighted by atomic mass is 10.2. The molecule has 0 aliphatic heterocycles. The van der Waals surface area contributed by atoms with Crippen molar-refractivity contribution in [2.75, 3.05) is 6.54 Å². The molecular weight excluding hydrogens is 256 g/mol. The van der Waals surface area contributed by atoms with Crippen LogP contribution in [0.4, 0.5) is 0 Å². The third kappa shape index (κ3) is 3.43. The Morgan fingerprint density at radius 2 is 2.15 bits per heavy atom. The summed E-state index contributed by atoms with van der Waals surface area (Å²) in [6.45, 7) is 1.80. The highest BCUT2D eigenvalue weighted by molar-refractivity contribution is 5.93. The highest BCUT2D eigenvalue weighted by atomic mass is 16.3. The summed E-state index contributed by atoms with van der Waals surface area (Å²) in [5, 5.41) is 16.1. The molecule has 0 fully saturated rings. The number of para-hydroxylation sites is 1. The number of rotatable bonds is 5. The van der Waals surface area contributed by atoms with E-state index in [4.69, 9.17) is 5.73 Å². The van der Waals surface area contributed by atoms with E-state index in [1.165, 1.54) is 6.20 Å². The molecule has 1 aromatic carbocycles. The van der Waals surface area contributed by atoms with Crippen LogP contribution < -0.4 is 11.1 Å². The SMILES string of the molecule is CC(O)C(N)CNC(=O)c1cnn(-c2ccccc2)c1. The average molecular weight is 274 g/mol. The van der Waals surface area contributed by atoms with E-state index in [0.717, 1.165) is 5.69 Å². The van der Waals surface area contributed by atoms with Gasteiger partial charge >= 0.3 is 0 Å². The molecule has 2 rings (SSSR count). The zero-order valence-corrected chi connectivity index (χ0v) is 11.2. The standard InChI is InChI=1S/C14H18N4O2/c1-10(19)13(15)8-16-14(20)11-7-17-18(9-11)12-5-3-2-4-6-12/h2-7,9-10,13,19H,8,15H2,1H3,(H,16,20). The van der Waals surface area contributed by atoms with Crippen LogP contribution >= 0.6 is 0 Å². The Morgan fingerprint density at radius 1 is 1.45 bits per heavy atom. The normalized spacial score (nSPS) is 13.8. The first-order valence-corrected chi connectivity index (χ1v) is 6.40. The van der Waals surface area contributed by atoms with E-state index in [1.54, 1.807) is 17.8 Å². The quantitative estimate of drug-likeness (QED) is 0.731. The second-order valence-electron chi connectivity index (χ2n) is 4.62. The van der Waals surface area contributed by atoms with Gasteiger partial charge in [-0.1, -0.05) is 18.2 Å². The van der Waals surface area contributed by atoms with Crippen molar-refractivity contribution in [3.63, 3.8) is 0 Å². The Morgan fingerprint density at radius 3 is 2.80 bits per heavy atom. The molecule has 1 heterocycles. The van der Waals surface area contributed by atoms with Gasteiger partial charge < -0.3 is 16.2 Å². The maximum Gasteiger partial charge on any atom is 0.254 e. The number of aliphatic hydroxyl groups excluding tert-OH is 1. The van der Waals surface area contributed by atoms with Crippen LogP contribution in [0.5, 0.6) is 0 Å². The first-order valence-electron chi connectivity index (χ1n) is 6.40. The summed E-state index contributed by atoms with van der Waals surface area (Å²) < 4.78 is 1.63. The summed E-state index contributed by atoms with van der Waals surface area (Å²) in [5.74, 6) is -0.261. The van der Waals surface area contributed by atoms with Crippen molar-refractivity contribution in [3.8, 4) is 5.69 Å². The zero-order valence-electron chi connectivity index (χ0n) is 11.2. The van der Waals surface area contributed by atoms with Crippen LogP contribution in [0.25, 0.3) is 5.69 Å². The van der Waals surface area contributed by atoms with Crippen LogP contribution in [0.3, 0.4) is 0 Å². The minimum absolute atomic E-state index is 0.215. The molecule has 2 aromatic rings. The van der Waals surface area contributed by atoms with Gasteiger partial charge in [0, 0.05) is 18.8 Å². The summed E-state index contributed by atoms with van der Waals surface area (Å²) >= 11 is 0. The Labute approximate surface area is 117 Å². The highest BCUT2D eigenvalue weighted by Crippen LogP contribution is 2.07. The molecule has 1 aromatic heterocycles. The van der Waals surface area contributed by atoms with Crippen LogP contribution in [-0.4, -0.2) is 39.5 Å². The summed E-state index contributed by atoms with van der Waals surface area (Å²) in [6, 6.07) is 9.04. The summed E-state index contributed by atoms with van der Waals surface area (Å²) in [5.41, 5.74) is 6.99. The van der Waals surface area contributed by atoms with Crippen LogP contribution in [0.2, 0.25) is 0 Å². The molecule has 4 N–H and O–H groups in total. The van der Waals surface area contributed by atoms with E-state index in [2.05, 4.69) is 10.4 Å². The molecule has 20 heavy (non-hydrogen) atoms. The molecule has 6 heteroatoms. The van der Waals surface area contributed by atoms with Crippen molar-refractivity contribution in [1.29, 1.82) is 0 Å². The summed E-state index contributed by atoms with van der Waals surface area (Å²) in [4.78, 5) is 11.9. The predicted molar refractivity (Wildman–Crippen MR) is 75.6 cm³/mol. The number of nitrogens with zero attached hydrogens (tertiary/aromatic N) is 2. The molecule has 6 nitrogen and oxygen atoms in total. The number of carbonyl (C=O) groups excluding carboxylic acids is 1. The molecule has 0 radical (unpaired) electrons. The number of hydrogen-bond donors (Lipinski definition) is 3. The number of carbonyl (C=O) groups is 1. The molecule has 0 saturated carbocycles. The first-order chi connectivity index (χ1) is 9.58. The van der Waals surface area contributed by atoms with Crippen LogP contribution in [0, 0.1) is 0 Å². The molecule has 0 spiro atoms. The topological polar surface area (TPSA) is 93.2 Å². The number of amides is 1. The maximum absolute atomic E-state index is 11.9. The van der Waals surface area contributed by atoms with Crippen molar-refractivity contribution in [2.24, 2.45) is 5.73 Å². The van der Waals surface area contributed by atoms with Gasteiger partial charge in [0.25, 0.3) is 5.91 Å². The fourth-order valence-electron chi connectivity index (χ4n) is 1.65. The minimum Gasteiger partial charge on any atom is -0.392 e. The smallest absolute Gasteiger partial charge is 0.254 e. The first kappa shape index (κ1) is 14.2. The molecule has 0 aliphatic rings. The van der Waals surface area contributed by atoms with Crippen LogP contribution in [-0.2, 0) is 0 Å². The fraction of sp³-hybridized carbons (Fsp3) is 0.286. The molecule has 0 bridgehead atoms. The number of aliphatic hydroxyl groups is 1. The Hall–Kier alpha value is -2.18. The average Bonchev–Trinajstić information content (AvgIpc) is 2.95. The van der Waals surface area contributed by atoms with Crippen molar-refractivity contribution in [2.45, 2.75) is 19.1 Å². The lowest BCUT2D eigenvalue weighted by molar-refractivity contribution is 0.0937.